The molecule has 3 aromatic rings. The molecule has 0 amide bonds. The fourth-order valence-electron chi connectivity index (χ4n) is 4.54. The molecule has 2 fully saturated rings. The molecule has 162 valence electrons. The van der Waals surface area contributed by atoms with E-state index in [1.54, 1.807) is 10.8 Å². The van der Waals surface area contributed by atoms with Crippen molar-refractivity contribution in [3.63, 3.8) is 0 Å². The number of likely N-dealkylation sites (N-methyl/N-ethyl adjacent to an activating group) is 1. The van der Waals surface area contributed by atoms with E-state index in [-0.39, 0.29) is 6.04 Å². The molecule has 2 aliphatic rings. The minimum Gasteiger partial charge on any atom is -0.369 e. The number of fused-ring (bicyclic) bond motifs is 1. The fourth-order valence-corrected chi connectivity index (χ4v) is 4.54. The summed E-state index contributed by atoms with van der Waals surface area (Å²) >= 11 is 0. The Hall–Kier alpha value is -3.20. The van der Waals surface area contributed by atoms with E-state index in [0.717, 1.165) is 57.5 Å². The maximum atomic E-state index is 12.6. The molecule has 0 atom stereocenters. The molecule has 0 radical (unpaired) electrons. The van der Waals surface area contributed by atoms with Crippen LogP contribution in [0.3, 0.4) is 0 Å². The lowest BCUT2D eigenvalue weighted by Gasteiger charge is -2.34. The molecule has 31 heavy (non-hydrogen) atoms. The average Bonchev–Trinajstić information content (AvgIpc) is 3.30. The topological polar surface area (TPSA) is 99.1 Å². The van der Waals surface area contributed by atoms with Gasteiger partial charge in [-0.2, -0.15) is 4.98 Å². The van der Waals surface area contributed by atoms with Crippen LogP contribution in [0.5, 0.6) is 0 Å². The molecular weight excluding hydrogens is 394 g/mol. The van der Waals surface area contributed by atoms with Gasteiger partial charge in [0.2, 0.25) is 5.95 Å². The number of hydrogen-bond acceptors (Lipinski definition) is 7. The molecule has 5 rings (SSSR count). The molecule has 2 aromatic heterocycles. The van der Waals surface area contributed by atoms with Gasteiger partial charge in [0, 0.05) is 43.6 Å². The molecule has 9 nitrogen and oxygen atoms in total. The maximum Gasteiger partial charge on any atom is 0.318 e. The first-order valence-corrected chi connectivity index (χ1v) is 10.9. The van der Waals surface area contributed by atoms with Crippen LogP contribution >= 0.6 is 0 Å². The second-order valence-electron chi connectivity index (χ2n) is 8.46. The van der Waals surface area contributed by atoms with Crippen LogP contribution in [0.4, 0.5) is 17.3 Å². The Morgan fingerprint density at radius 1 is 1.03 bits per heavy atom. The standard InChI is InChI=1S/C22H27N7O2/c1-27-10-12-28(13-11-27)16-8-6-15(7-9-16)24-22-23-14-18-19(26-22)29(17-4-2-3-5-17)21(31)20(30)25-18/h6-9,14,17H,2-5,10-13H2,1H3,(H,25,30)(H,23,24,26). The smallest absolute Gasteiger partial charge is 0.318 e. The van der Waals surface area contributed by atoms with Gasteiger partial charge in [-0.15, -0.1) is 0 Å². The first kappa shape index (κ1) is 19.7. The Balaban J connectivity index is 1.42. The molecule has 1 aliphatic carbocycles. The van der Waals surface area contributed by atoms with Gasteiger partial charge in [-0.25, -0.2) is 4.98 Å². The Kier molecular flexibility index (Phi) is 5.19. The Bertz CT molecular complexity index is 1190. The summed E-state index contributed by atoms with van der Waals surface area (Å²) in [6, 6.07) is 8.24. The first-order valence-electron chi connectivity index (χ1n) is 10.9. The molecule has 1 aromatic carbocycles. The zero-order valence-corrected chi connectivity index (χ0v) is 17.7. The monoisotopic (exact) mass is 421 g/mol. The number of aromatic amines is 1. The number of aromatic nitrogens is 4. The van der Waals surface area contributed by atoms with E-state index in [2.05, 4.69) is 49.2 Å². The number of rotatable bonds is 4. The Morgan fingerprint density at radius 2 is 1.74 bits per heavy atom. The van der Waals surface area contributed by atoms with Crippen molar-refractivity contribution in [1.82, 2.24) is 24.4 Å². The molecule has 2 N–H and O–H groups in total. The predicted octanol–water partition coefficient (Wildman–Crippen LogP) is 2.09. The number of nitrogens with zero attached hydrogens (tertiary/aromatic N) is 5. The third-order valence-electron chi connectivity index (χ3n) is 6.34. The highest BCUT2D eigenvalue weighted by molar-refractivity contribution is 5.71. The molecule has 1 saturated carbocycles. The van der Waals surface area contributed by atoms with E-state index in [9.17, 15) is 9.59 Å². The van der Waals surface area contributed by atoms with Crippen molar-refractivity contribution in [2.75, 3.05) is 43.4 Å². The summed E-state index contributed by atoms with van der Waals surface area (Å²) in [5.74, 6) is 0.401. The van der Waals surface area contributed by atoms with Crippen LogP contribution in [0.2, 0.25) is 0 Å². The molecular formula is C22H27N7O2. The van der Waals surface area contributed by atoms with E-state index in [1.807, 2.05) is 12.1 Å². The van der Waals surface area contributed by atoms with E-state index in [1.165, 1.54) is 5.69 Å². The van der Waals surface area contributed by atoms with Gasteiger partial charge in [0.1, 0.15) is 5.52 Å². The summed E-state index contributed by atoms with van der Waals surface area (Å²) in [6.07, 6.45) is 5.45. The van der Waals surface area contributed by atoms with Crippen LogP contribution in [0.1, 0.15) is 31.7 Å². The largest absolute Gasteiger partial charge is 0.369 e. The van der Waals surface area contributed by atoms with Crippen molar-refractivity contribution in [2.24, 2.45) is 0 Å². The first-order chi connectivity index (χ1) is 15.1. The van der Waals surface area contributed by atoms with Crippen molar-refractivity contribution < 1.29 is 0 Å². The number of H-pyrrole nitrogens is 1. The van der Waals surface area contributed by atoms with Gasteiger partial charge in [0.15, 0.2) is 5.65 Å². The number of piperazine rings is 1. The second-order valence-corrected chi connectivity index (χ2v) is 8.46. The lowest BCUT2D eigenvalue weighted by Crippen LogP contribution is -2.44. The summed E-state index contributed by atoms with van der Waals surface area (Å²) in [5, 5.41) is 3.23. The minimum atomic E-state index is -0.622. The lowest BCUT2D eigenvalue weighted by molar-refractivity contribution is 0.313. The summed E-state index contributed by atoms with van der Waals surface area (Å²) < 4.78 is 1.56. The molecule has 1 saturated heterocycles. The highest BCUT2D eigenvalue weighted by Crippen LogP contribution is 2.30. The third-order valence-corrected chi connectivity index (χ3v) is 6.34. The van der Waals surface area contributed by atoms with Crippen LogP contribution in [0.15, 0.2) is 40.1 Å². The number of benzene rings is 1. The molecule has 1 aliphatic heterocycles. The molecule has 0 unspecified atom stereocenters. The van der Waals surface area contributed by atoms with Crippen LogP contribution in [0, 0.1) is 0 Å². The second kappa shape index (κ2) is 8.14. The highest BCUT2D eigenvalue weighted by Gasteiger charge is 2.22. The number of anilines is 3. The van der Waals surface area contributed by atoms with E-state index >= 15 is 0 Å². The van der Waals surface area contributed by atoms with Crippen LogP contribution < -0.4 is 21.3 Å². The van der Waals surface area contributed by atoms with Gasteiger partial charge in [-0.05, 0) is 44.2 Å². The maximum absolute atomic E-state index is 12.6. The van der Waals surface area contributed by atoms with Gasteiger partial charge >= 0.3 is 11.1 Å². The van der Waals surface area contributed by atoms with E-state index < -0.39 is 11.1 Å². The van der Waals surface area contributed by atoms with Gasteiger partial charge < -0.3 is 20.1 Å². The van der Waals surface area contributed by atoms with Gasteiger partial charge in [0.05, 0.1) is 6.20 Å². The zero-order valence-electron chi connectivity index (χ0n) is 17.7. The third kappa shape index (κ3) is 3.93. The van der Waals surface area contributed by atoms with Crippen molar-refractivity contribution in [1.29, 1.82) is 0 Å². The van der Waals surface area contributed by atoms with Crippen molar-refractivity contribution >= 4 is 28.5 Å². The van der Waals surface area contributed by atoms with Crippen molar-refractivity contribution in [2.45, 2.75) is 31.7 Å². The molecule has 0 bridgehead atoms. The summed E-state index contributed by atoms with van der Waals surface area (Å²) in [4.78, 5) is 40.9. The Morgan fingerprint density at radius 3 is 2.45 bits per heavy atom. The van der Waals surface area contributed by atoms with Crippen LogP contribution in [0.25, 0.3) is 11.2 Å². The van der Waals surface area contributed by atoms with Crippen LogP contribution in [-0.4, -0.2) is 57.6 Å². The summed E-state index contributed by atoms with van der Waals surface area (Å²) in [6.45, 7) is 4.17. The molecule has 3 heterocycles. The summed E-state index contributed by atoms with van der Waals surface area (Å²) in [7, 11) is 2.15. The lowest BCUT2D eigenvalue weighted by atomic mass is 10.2. The minimum absolute atomic E-state index is 0.0166. The van der Waals surface area contributed by atoms with E-state index in [4.69, 9.17) is 0 Å². The van der Waals surface area contributed by atoms with Gasteiger partial charge in [0.25, 0.3) is 0 Å². The van der Waals surface area contributed by atoms with Crippen molar-refractivity contribution in [3.8, 4) is 0 Å². The Labute approximate surface area is 179 Å². The number of hydrogen-bond donors (Lipinski definition) is 2. The normalized spacial score (nSPS) is 18.0. The molecule has 0 spiro atoms. The quantitative estimate of drug-likeness (QED) is 0.622. The fraction of sp³-hybridized carbons (Fsp3) is 0.455. The zero-order chi connectivity index (χ0) is 21.4. The molecule has 9 heteroatoms. The predicted molar refractivity (Wildman–Crippen MR) is 121 cm³/mol. The highest BCUT2D eigenvalue weighted by atomic mass is 16.2. The number of nitrogens with one attached hydrogen (secondary N) is 2. The van der Waals surface area contributed by atoms with Gasteiger partial charge in [-0.3, -0.25) is 14.2 Å². The average molecular weight is 422 g/mol. The summed E-state index contributed by atoms with van der Waals surface area (Å²) in [5.41, 5.74) is 1.86. The van der Waals surface area contributed by atoms with E-state index in [0.29, 0.717) is 17.1 Å². The van der Waals surface area contributed by atoms with Gasteiger partial charge in [-0.1, -0.05) is 12.8 Å². The van der Waals surface area contributed by atoms with Crippen molar-refractivity contribution in [3.05, 3.63) is 51.2 Å². The SMILES string of the molecule is CN1CCN(c2ccc(Nc3ncc4[nH]c(=O)c(=O)n(C5CCCC5)c4n3)cc2)CC1. The van der Waals surface area contributed by atoms with Crippen LogP contribution in [-0.2, 0) is 0 Å².